The molecule has 1 saturated heterocycles. The van der Waals surface area contributed by atoms with Crippen molar-refractivity contribution in [1.29, 1.82) is 0 Å². The molecule has 3 aromatic heterocycles. The molecule has 3 aromatic carbocycles. The molecule has 0 aliphatic carbocycles. The predicted molar refractivity (Wildman–Crippen MR) is 293 cm³/mol. The summed E-state index contributed by atoms with van der Waals surface area (Å²) >= 11 is 9.60. The first-order valence-electron chi connectivity index (χ1n) is 25.2. The largest absolute Gasteiger partial charge is 0.494 e. The number of nitrogens with zero attached hydrogens (tertiary/aromatic N) is 5. The Morgan fingerprint density at radius 2 is 1.55 bits per heavy atom. The van der Waals surface area contributed by atoms with Gasteiger partial charge in [0.15, 0.2) is 5.82 Å². The van der Waals surface area contributed by atoms with E-state index in [1.165, 1.54) is 20.2 Å². The molecule has 8 rings (SSSR count). The highest BCUT2D eigenvalue weighted by atomic mass is 35.5. The number of rotatable bonds is 21. The first-order valence-corrected chi connectivity index (χ1v) is 27.3. The van der Waals surface area contributed by atoms with Gasteiger partial charge in [0.2, 0.25) is 23.6 Å². The van der Waals surface area contributed by atoms with E-state index < -0.39 is 41.5 Å². The van der Waals surface area contributed by atoms with E-state index in [-0.39, 0.29) is 51.0 Å². The molecular formula is C56H65ClN8O8S2. The standard InChI is InChI=1S/C56H65ClN8O8S2/c1-33-22-27-74-50(33)39-12-10-37(11-13-39)30-58-53(69)45-28-42(66)31-64(45)54(70)51(56(5,6)7)61-47(68)32-72-25-8-23-71-24-9-26-73-43-20-18-41(19-21-43)59-46(67)29-44-52-63-62-36(4)65(52)55-48(34(2)35(3)75-55)49(60-44)38-14-16-40(57)17-15-38/h10-22,27,42,44-45,51,66H,8-9,23-26,28-32H2,1-7H3,(H,58,69)(H,59,67)(H,61,68)/t42-,44+,45+,51-/m1/s1. The predicted octanol–water partition coefficient (Wildman–Crippen LogP) is 8.87. The minimum Gasteiger partial charge on any atom is -0.494 e. The molecule has 16 nitrogen and oxygen atoms in total. The van der Waals surface area contributed by atoms with Crippen LogP contribution in [0.15, 0.2) is 89.2 Å². The third-order valence-electron chi connectivity index (χ3n) is 13.2. The number of anilines is 1. The van der Waals surface area contributed by atoms with E-state index in [0.29, 0.717) is 54.9 Å². The fourth-order valence-electron chi connectivity index (χ4n) is 9.11. The molecule has 4 amide bonds. The number of fused-ring (bicyclic) bond motifs is 3. The van der Waals surface area contributed by atoms with Gasteiger partial charge in [-0.3, -0.25) is 28.7 Å². The van der Waals surface area contributed by atoms with Crippen LogP contribution in [0.5, 0.6) is 5.75 Å². The van der Waals surface area contributed by atoms with E-state index in [9.17, 15) is 24.3 Å². The number of aryl methyl sites for hydroxylation is 3. The van der Waals surface area contributed by atoms with Crippen molar-refractivity contribution in [3.8, 4) is 21.2 Å². The lowest BCUT2D eigenvalue weighted by molar-refractivity contribution is -0.144. The van der Waals surface area contributed by atoms with Crippen molar-refractivity contribution >= 4 is 69.3 Å². The summed E-state index contributed by atoms with van der Waals surface area (Å²) in [5.74, 6) is 0.497. The Labute approximate surface area is 450 Å². The Hall–Kier alpha value is -6.28. The number of amides is 4. The van der Waals surface area contributed by atoms with Crippen LogP contribution in [-0.4, -0.2) is 112 Å². The highest BCUT2D eigenvalue weighted by Gasteiger charge is 2.44. The number of carbonyl (C=O) groups is 4. The van der Waals surface area contributed by atoms with Gasteiger partial charge in [-0.2, -0.15) is 0 Å². The number of halogens is 1. The summed E-state index contributed by atoms with van der Waals surface area (Å²) in [7, 11) is 0. The molecule has 75 heavy (non-hydrogen) atoms. The van der Waals surface area contributed by atoms with Crippen LogP contribution in [0.4, 0.5) is 5.69 Å². The summed E-state index contributed by atoms with van der Waals surface area (Å²) < 4.78 is 19.3. The van der Waals surface area contributed by atoms with Gasteiger partial charge in [0.25, 0.3) is 0 Å². The number of likely N-dealkylation sites (tertiary alicyclic amines) is 1. The van der Waals surface area contributed by atoms with Gasteiger partial charge in [0.05, 0.1) is 24.8 Å². The number of thiophene rings is 2. The number of β-amino-alcohol motifs (C(OH)–C–C–N with tert-alkyl or cyclic N) is 1. The van der Waals surface area contributed by atoms with Gasteiger partial charge in [0.1, 0.15) is 41.3 Å². The maximum atomic E-state index is 14.0. The van der Waals surface area contributed by atoms with Crippen LogP contribution >= 0.6 is 34.3 Å². The van der Waals surface area contributed by atoms with Crippen molar-refractivity contribution in [2.24, 2.45) is 10.4 Å². The summed E-state index contributed by atoms with van der Waals surface area (Å²) in [5.41, 5.74) is 6.96. The van der Waals surface area contributed by atoms with Gasteiger partial charge in [-0.15, -0.1) is 32.9 Å². The third-order valence-corrected chi connectivity index (χ3v) is 15.7. The zero-order chi connectivity index (χ0) is 53.4. The van der Waals surface area contributed by atoms with Crippen molar-refractivity contribution in [2.45, 2.75) is 105 Å². The lowest BCUT2D eigenvalue weighted by atomic mass is 9.85. The molecule has 396 valence electrons. The number of aliphatic imine (C=N–C) groups is 1. The molecule has 4 atom stereocenters. The minimum absolute atomic E-state index is 0.0117. The zero-order valence-electron chi connectivity index (χ0n) is 43.4. The lowest BCUT2D eigenvalue weighted by Crippen LogP contribution is -2.58. The van der Waals surface area contributed by atoms with Crippen LogP contribution in [-0.2, 0) is 35.2 Å². The average molecular weight is 1080 g/mol. The Morgan fingerprint density at radius 1 is 0.853 bits per heavy atom. The molecule has 19 heteroatoms. The van der Waals surface area contributed by atoms with Crippen molar-refractivity contribution in [3.63, 3.8) is 0 Å². The average Bonchev–Trinajstić information content (AvgIpc) is 4.16. The zero-order valence-corrected chi connectivity index (χ0v) is 45.8. The highest BCUT2D eigenvalue weighted by molar-refractivity contribution is 7.15. The second kappa shape index (κ2) is 24.6. The van der Waals surface area contributed by atoms with E-state index in [1.54, 1.807) is 46.9 Å². The SMILES string of the molecule is Cc1ccsc1-c1ccc(CNC(=O)[C@@H]2C[C@@H](O)CN2C(=O)[C@@H](NC(=O)COCCCOCCCOc2ccc(NC(=O)C[C@@H]3N=C(c4ccc(Cl)cc4)c4c(sc(C)c4C)-n4c(C)nnc43)cc2)C(C)(C)C)cc1. The van der Waals surface area contributed by atoms with Gasteiger partial charge in [-0.1, -0.05) is 68.8 Å². The molecular weight excluding hydrogens is 1010 g/mol. The molecule has 0 unspecified atom stereocenters. The molecule has 4 N–H and O–H groups in total. The number of carbonyl (C=O) groups excluding carboxylic acids is 4. The fourth-order valence-corrected chi connectivity index (χ4v) is 11.4. The Bertz CT molecular complexity index is 3000. The molecule has 1 fully saturated rings. The minimum atomic E-state index is -0.958. The van der Waals surface area contributed by atoms with Crippen molar-refractivity contribution < 1.29 is 38.5 Å². The second-order valence-corrected chi connectivity index (χ2v) is 22.6. The van der Waals surface area contributed by atoms with Crippen LogP contribution in [0, 0.1) is 33.1 Å². The summed E-state index contributed by atoms with van der Waals surface area (Å²) in [6, 6.07) is 22.4. The summed E-state index contributed by atoms with van der Waals surface area (Å²) in [6.07, 6.45) is 0.471. The van der Waals surface area contributed by atoms with Crippen LogP contribution in [0.3, 0.4) is 0 Å². The molecule has 5 heterocycles. The lowest BCUT2D eigenvalue weighted by Gasteiger charge is -2.35. The molecule has 2 aliphatic rings. The highest BCUT2D eigenvalue weighted by Crippen LogP contribution is 2.40. The molecule has 0 bridgehead atoms. The molecule has 0 radical (unpaired) electrons. The van der Waals surface area contributed by atoms with Gasteiger partial charge in [-0.05, 0) is 110 Å². The topological polar surface area (TPSA) is 199 Å². The number of ether oxygens (including phenoxy) is 3. The monoisotopic (exact) mass is 1080 g/mol. The smallest absolute Gasteiger partial charge is 0.246 e. The first-order chi connectivity index (χ1) is 35.9. The maximum absolute atomic E-state index is 14.0. The number of hydrogen-bond acceptors (Lipinski definition) is 13. The van der Waals surface area contributed by atoms with E-state index in [0.717, 1.165) is 44.4 Å². The number of aliphatic hydroxyl groups excluding tert-OH is 1. The van der Waals surface area contributed by atoms with E-state index in [2.05, 4.69) is 58.4 Å². The number of hydrogen-bond donors (Lipinski definition) is 4. The Morgan fingerprint density at radius 3 is 2.24 bits per heavy atom. The van der Waals surface area contributed by atoms with Gasteiger partial charge < -0.3 is 40.2 Å². The quantitative estimate of drug-likeness (QED) is 0.0505. The van der Waals surface area contributed by atoms with E-state index in [1.807, 2.05) is 80.8 Å². The van der Waals surface area contributed by atoms with Crippen molar-refractivity contribution in [1.82, 2.24) is 30.3 Å². The maximum Gasteiger partial charge on any atom is 0.246 e. The molecule has 0 spiro atoms. The number of aliphatic hydroxyl groups is 1. The summed E-state index contributed by atoms with van der Waals surface area (Å²) in [5, 5.41) is 31.9. The second-order valence-electron chi connectivity index (χ2n) is 20.0. The Balaban J connectivity index is 0.723. The number of nitrogens with one attached hydrogen (secondary N) is 3. The summed E-state index contributed by atoms with van der Waals surface area (Å²) in [6.45, 7) is 15.2. The first kappa shape index (κ1) is 55.0. The third kappa shape index (κ3) is 13.6. The van der Waals surface area contributed by atoms with Gasteiger partial charge >= 0.3 is 0 Å². The van der Waals surface area contributed by atoms with Crippen LogP contribution in [0.2, 0.25) is 5.02 Å². The molecule has 0 saturated carbocycles. The van der Waals surface area contributed by atoms with E-state index >= 15 is 0 Å². The van der Waals surface area contributed by atoms with Crippen molar-refractivity contribution in [2.75, 3.05) is 44.9 Å². The Kier molecular flexibility index (Phi) is 18.0. The number of benzene rings is 3. The number of aromatic nitrogens is 3. The van der Waals surface area contributed by atoms with Crippen LogP contribution in [0.25, 0.3) is 15.4 Å². The van der Waals surface area contributed by atoms with E-state index in [4.69, 9.17) is 30.8 Å². The summed E-state index contributed by atoms with van der Waals surface area (Å²) in [4.78, 5) is 63.1. The molecule has 2 aliphatic heterocycles. The normalized spacial score (nSPS) is 16.6. The van der Waals surface area contributed by atoms with Gasteiger partial charge in [-0.25, -0.2) is 0 Å². The fraction of sp³-hybridized carbons (Fsp3) is 0.411. The van der Waals surface area contributed by atoms with Gasteiger partial charge in [0, 0.05) is 77.3 Å². The molecule has 6 aromatic rings. The van der Waals surface area contributed by atoms with Crippen molar-refractivity contribution in [3.05, 3.63) is 134 Å². The van der Waals surface area contributed by atoms with Crippen LogP contribution < -0.4 is 20.7 Å². The van der Waals surface area contributed by atoms with Crippen LogP contribution in [0.1, 0.15) is 96.8 Å².